The lowest BCUT2D eigenvalue weighted by Gasteiger charge is -2.27. The average Bonchev–Trinajstić information content (AvgIpc) is 2.88. The van der Waals surface area contributed by atoms with E-state index in [1.165, 1.54) is 24.9 Å². The van der Waals surface area contributed by atoms with Crippen LogP contribution in [0.1, 0.15) is 44.2 Å². The molecule has 2 heteroatoms. The summed E-state index contributed by atoms with van der Waals surface area (Å²) in [7, 11) is 0. The summed E-state index contributed by atoms with van der Waals surface area (Å²) in [6.45, 7) is 7.01. The van der Waals surface area contributed by atoms with Crippen molar-refractivity contribution in [1.29, 1.82) is 0 Å². The van der Waals surface area contributed by atoms with Crippen LogP contribution in [0.5, 0.6) is 0 Å². The molecule has 1 aromatic rings. The molecule has 1 atom stereocenters. The molecule has 1 aliphatic rings. The van der Waals surface area contributed by atoms with E-state index in [2.05, 4.69) is 48.8 Å². The van der Waals surface area contributed by atoms with Crippen LogP contribution in [-0.4, -0.2) is 29.2 Å². The summed E-state index contributed by atoms with van der Waals surface area (Å²) in [6, 6.07) is 9.21. The van der Waals surface area contributed by atoms with E-state index in [9.17, 15) is 0 Å². The summed E-state index contributed by atoms with van der Waals surface area (Å²) < 4.78 is 0. The van der Waals surface area contributed by atoms with Gasteiger partial charge in [-0.25, -0.2) is 0 Å². The molecule has 0 bridgehead atoms. The van der Waals surface area contributed by atoms with E-state index in [0.29, 0.717) is 6.42 Å². The number of aliphatic hydroxyl groups is 1. The maximum Gasteiger partial charge on any atom is 0.0540 e. The van der Waals surface area contributed by atoms with E-state index in [-0.39, 0.29) is 6.61 Å². The monoisotopic (exact) mass is 271 g/mol. The molecular formula is C18H25NO. The molecule has 1 aromatic carbocycles. The number of benzene rings is 1. The Morgan fingerprint density at radius 1 is 1.40 bits per heavy atom. The van der Waals surface area contributed by atoms with Gasteiger partial charge in [0.05, 0.1) is 6.61 Å². The van der Waals surface area contributed by atoms with Gasteiger partial charge in [-0.3, -0.25) is 4.90 Å². The Morgan fingerprint density at radius 3 is 3.00 bits per heavy atom. The summed E-state index contributed by atoms with van der Waals surface area (Å²) in [5.74, 6) is 6.83. The first-order valence-electron chi connectivity index (χ1n) is 7.63. The van der Waals surface area contributed by atoms with Crippen molar-refractivity contribution in [3.63, 3.8) is 0 Å². The van der Waals surface area contributed by atoms with Gasteiger partial charge in [-0.2, -0.15) is 0 Å². The van der Waals surface area contributed by atoms with E-state index in [1.54, 1.807) is 0 Å². The molecule has 0 saturated carbocycles. The number of likely N-dealkylation sites (tertiary alicyclic amines) is 1. The highest BCUT2D eigenvalue weighted by Gasteiger charge is 2.26. The third kappa shape index (κ3) is 4.10. The lowest BCUT2D eigenvalue weighted by Crippen LogP contribution is -2.32. The van der Waals surface area contributed by atoms with Gasteiger partial charge >= 0.3 is 0 Å². The van der Waals surface area contributed by atoms with Crippen molar-refractivity contribution < 1.29 is 5.11 Å². The molecule has 1 aliphatic heterocycles. The van der Waals surface area contributed by atoms with Crippen molar-refractivity contribution >= 4 is 0 Å². The molecule has 1 heterocycles. The van der Waals surface area contributed by atoms with E-state index in [1.807, 2.05) is 6.07 Å². The fourth-order valence-electron chi connectivity index (χ4n) is 3.01. The minimum atomic E-state index is 0.135. The number of hydrogen-bond donors (Lipinski definition) is 1. The lowest BCUT2D eigenvalue weighted by molar-refractivity contribution is 0.199. The van der Waals surface area contributed by atoms with Crippen molar-refractivity contribution in [3.8, 4) is 11.8 Å². The molecule has 0 spiro atoms. The van der Waals surface area contributed by atoms with Gasteiger partial charge in [0, 0.05) is 24.6 Å². The predicted octanol–water partition coefficient (Wildman–Crippen LogP) is 3.04. The first-order valence-corrected chi connectivity index (χ1v) is 7.63. The van der Waals surface area contributed by atoms with Crippen molar-refractivity contribution in [2.75, 3.05) is 13.2 Å². The molecule has 1 N–H and O–H groups in total. The maximum atomic E-state index is 8.76. The molecule has 20 heavy (non-hydrogen) atoms. The van der Waals surface area contributed by atoms with Gasteiger partial charge in [0.2, 0.25) is 0 Å². The first-order chi connectivity index (χ1) is 9.70. The molecular weight excluding hydrogens is 246 g/mol. The Bertz CT molecular complexity index is 484. The SMILES string of the molecule is CC(C)C1CCCN1Cc1cccc(C#CCCO)c1. The lowest BCUT2D eigenvalue weighted by atomic mass is 10.0. The number of nitrogens with zero attached hydrogens (tertiary/aromatic N) is 1. The van der Waals surface area contributed by atoms with Gasteiger partial charge in [0.1, 0.15) is 0 Å². The smallest absolute Gasteiger partial charge is 0.0540 e. The van der Waals surface area contributed by atoms with Crippen LogP contribution < -0.4 is 0 Å². The molecule has 1 unspecified atom stereocenters. The quantitative estimate of drug-likeness (QED) is 0.851. The second-order valence-corrected chi connectivity index (χ2v) is 5.90. The highest BCUT2D eigenvalue weighted by Crippen LogP contribution is 2.25. The van der Waals surface area contributed by atoms with Crippen LogP contribution in [0.25, 0.3) is 0 Å². The fourth-order valence-corrected chi connectivity index (χ4v) is 3.01. The number of rotatable bonds is 4. The summed E-state index contributed by atoms with van der Waals surface area (Å²) in [5, 5.41) is 8.76. The fraction of sp³-hybridized carbons (Fsp3) is 0.556. The largest absolute Gasteiger partial charge is 0.395 e. The van der Waals surface area contributed by atoms with Crippen LogP contribution in [0.2, 0.25) is 0 Å². The normalized spacial score (nSPS) is 19.1. The molecule has 2 nitrogen and oxygen atoms in total. The minimum Gasteiger partial charge on any atom is -0.395 e. The summed E-state index contributed by atoms with van der Waals surface area (Å²) in [5.41, 5.74) is 2.39. The Balaban J connectivity index is 2.03. The van der Waals surface area contributed by atoms with Crippen LogP contribution in [0.3, 0.4) is 0 Å². The Kier molecular flexibility index (Phi) is 5.64. The zero-order valence-corrected chi connectivity index (χ0v) is 12.6. The van der Waals surface area contributed by atoms with E-state index in [4.69, 9.17) is 5.11 Å². The Labute approximate surface area is 122 Å². The highest BCUT2D eigenvalue weighted by molar-refractivity contribution is 5.37. The molecule has 2 rings (SSSR count). The van der Waals surface area contributed by atoms with E-state index < -0.39 is 0 Å². The molecule has 108 valence electrons. The van der Waals surface area contributed by atoms with Crippen LogP contribution in [0.4, 0.5) is 0 Å². The van der Waals surface area contributed by atoms with Crippen LogP contribution in [0, 0.1) is 17.8 Å². The second kappa shape index (κ2) is 7.47. The van der Waals surface area contributed by atoms with Crippen molar-refractivity contribution in [2.24, 2.45) is 5.92 Å². The molecule has 0 radical (unpaired) electrons. The minimum absolute atomic E-state index is 0.135. The summed E-state index contributed by atoms with van der Waals surface area (Å²) >= 11 is 0. The Hall–Kier alpha value is -1.30. The molecule has 1 saturated heterocycles. The van der Waals surface area contributed by atoms with Crippen LogP contribution in [0.15, 0.2) is 24.3 Å². The van der Waals surface area contributed by atoms with Crippen LogP contribution in [-0.2, 0) is 6.54 Å². The second-order valence-electron chi connectivity index (χ2n) is 5.90. The topological polar surface area (TPSA) is 23.5 Å². The van der Waals surface area contributed by atoms with Gasteiger partial charge in [0.15, 0.2) is 0 Å². The van der Waals surface area contributed by atoms with Crippen molar-refractivity contribution in [3.05, 3.63) is 35.4 Å². The zero-order chi connectivity index (χ0) is 14.4. The summed E-state index contributed by atoms with van der Waals surface area (Å²) in [6.07, 6.45) is 3.19. The van der Waals surface area contributed by atoms with Gasteiger partial charge in [-0.1, -0.05) is 37.8 Å². The molecule has 0 amide bonds. The van der Waals surface area contributed by atoms with Gasteiger partial charge in [-0.05, 0) is 43.0 Å². The molecule has 0 aliphatic carbocycles. The van der Waals surface area contributed by atoms with E-state index in [0.717, 1.165) is 24.1 Å². The van der Waals surface area contributed by atoms with E-state index >= 15 is 0 Å². The Morgan fingerprint density at radius 2 is 2.25 bits per heavy atom. The van der Waals surface area contributed by atoms with Crippen molar-refractivity contribution in [2.45, 2.75) is 45.7 Å². The van der Waals surface area contributed by atoms with Crippen molar-refractivity contribution in [1.82, 2.24) is 4.90 Å². The number of aliphatic hydroxyl groups excluding tert-OH is 1. The molecule has 1 fully saturated rings. The third-order valence-corrected chi connectivity index (χ3v) is 3.97. The zero-order valence-electron chi connectivity index (χ0n) is 12.6. The van der Waals surface area contributed by atoms with Gasteiger partial charge < -0.3 is 5.11 Å². The standard InChI is InChI=1S/C18H25NO/c1-15(2)18-10-6-11-19(18)14-17-9-5-8-16(13-17)7-3-4-12-20/h5,8-9,13,15,18,20H,4,6,10-12,14H2,1-2H3. The summed E-state index contributed by atoms with van der Waals surface area (Å²) in [4.78, 5) is 2.60. The molecule has 0 aromatic heterocycles. The average molecular weight is 271 g/mol. The number of hydrogen-bond acceptors (Lipinski definition) is 2. The van der Waals surface area contributed by atoms with Crippen LogP contribution >= 0.6 is 0 Å². The highest BCUT2D eigenvalue weighted by atomic mass is 16.2. The van der Waals surface area contributed by atoms with Gasteiger partial charge in [0.25, 0.3) is 0 Å². The predicted molar refractivity (Wildman–Crippen MR) is 83.3 cm³/mol. The first kappa shape index (κ1) is 15.1. The third-order valence-electron chi connectivity index (χ3n) is 3.97. The maximum absolute atomic E-state index is 8.76. The van der Waals surface area contributed by atoms with Gasteiger partial charge in [-0.15, -0.1) is 0 Å².